The topological polar surface area (TPSA) is 104 Å². The summed E-state index contributed by atoms with van der Waals surface area (Å²) >= 11 is 0. The minimum absolute atomic E-state index is 0.266. The molecule has 8 heteroatoms. The predicted molar refractivity (Wildman–Crippen MR) is 72.2 cm³/mol. The van der Waals surface area contributed by atoms with Crippen molar-refractivity contribution in [1.82, 2.24) is 24.5 Å². The second-order valence-electron chi connectivity index (χ2n) is 4.79. The van der Waals surface area contributed by atoms with Gasteiger partial charge in [0.25, 0.3) is 0 Å². The molecule has 106 valence electrons. The third-order valence-electron chi connectivity index (χ3n) is 3.45. The highest BCUT2D eigenvalue weighted by molar-refractivity contribution is 5.28. The number of nitrogens with one attached hydrogen (secondary N) is 1. The molecule has 0 amide bonds. The number of anilines is 1. The lowest BCUT2D eigenvalue weighted by Crippen LogP contribution is -2.17. The average molecular weight is 275 g/mol. The van der Waals surface area contributed by atoms with Crippen molar-refractivity contribution in [1.29, 1.82) is 0 Å². The van der Waals surface area contributed by atoms with Gasteiger partial charge >= 0.3 is 6.01 Å². The van der Waals surface area contributed by atoms with Crippen LogP contribution in [0.2, 0.25) is 0 Å². The molecule has 1 aliphatic rings. The number of hydrazine groups is 1. The van der Waals surface area contributed by atoms with E-state index in [1.54, 1.807) is 23.3 Å². The maximum absolute atomic E-state index is 5.60. The van der Waals surface area contributed by atoms with Gasteiger partial charge in [0.2, 0.25) is 11.9 Å². The summed E-state index contributed by atoms with van der Waals surface area (Å²) in [7, 11) is 0. The largest absolute Gasteiger partial charge is 0.463 e. The predicted octanol–water partition coefficient (Wildman–Crippen LogP) is 0.912. The Kier molecular flexibility index (Phi) is 3.73. The molecule has 0 aliphatic heterocycles. The van der Waals surface area contributed by atoms with Gasteiger partial charge in [0.1, 0.15) is 6.33 Å². The number of nitrogens with two attached hydrogens (primary N) is 1. The Morgan fingerprint density at radius 3 is 2.90 bits per heavy atom. The number of hydrogen-bond acceptors (Lipinski definition) is 7. The van der Waals surface area contributed by atoms with Gasteiger partial charge in [-0.2, -0.15) is 15.0 Å². The highest BCUT2D eigenvalue weighted by atomic mass is 16.5. The summed E-state index contributed by atoms with van der Waals surface area (Å²) < 4.78 is 7.27. The number of rotatable bonds is 6. The van der Waals surface area contributed by atoms with Crippen LogP contribution in [-0.4, -0.2) is 31.1 Å². The summed E-state index contributed by atoms with van der Waals surface area (Å²) in [5, 5.41) is 0. The number of aromatic nitrogens is 5. The maximum Gasteiger partial charge on any atom is 0.323 e. The molecule has 0 bridgehead atoms. The van der Waals surface area contributed by atoms with E-state index in [9.17, 15) is 0 Å². The first kappa shape index (κ1) is 12.8. The van der Waals surface area contributed by atoms with E-state index in [4.69, 9.17) is 10.6 Å². The Hall–Kier alpha value is -2.22. The molecular weight excluding hydrogens is 258 g/mol. The van der Waals surface area contributed by atoms with Crippen molar-refractivity contribution in [2.24, 2.45) is 11.8 Å². The molecule has 3 N–H and O–H groups in total. The van der Waals surface area contributed by atoms with Crippen LogP contribution in [0.15, 0.2) is 18.7 Å². The molecule has 0 spiro atoms. The van der Waals surface area contributed by atoms with E-state index in [0.717, 1.165) is 12.3 Å². The second kappa shape index (κ2) is 5.83. The molecule has 0 unspecified atom stereocenters. The minimum atomic E-state index is 0.266. The lowest BCUT2D eigenvalue weighted by Gasteiger charge is -2.24. The minimum Gasteiger partial charge on any atom is -0.463 e. The van der Waals surface area contributed by atoms with Gasteiger partial charge in [-0.3, -0.25) is 9.99 Å². The molecule has 0 aromatic carbocycles. The number of imidazole rings is 1. The van der Waals surface area contributed by atoms with Crippen LogP contribution in [0.25, 0.3) is 5.95 Å². The monoisotopic (exact) mass is 275 g/mol. The van der Waals surface area contributed by atoms with Crippen LogP contribution in [0.3, 0.4) is 0 Å². The average Bonchev–Trinajstić information content (AvgIpc) is 2.95. The van der Waals surface area contributed by atoms with Crippen molar-refractivity contribution < 1.29 is 4.74 Å². The first-order valence-corrected chi connectivity index (χ1v) is 6.69. The number of ether oxygens (including phenoxy) is 1. The third-order valence-corrected chi connectivity index (χ3v) is 3.45. The molecular formula is C12H17N7O. The van der Waals surface area contributed by atoms with Crippen LogP contribution >= 0.6 is 0 Å². The molecule has 0 atom stereocenters. The third kappa shape index (κ3) is 2.85. The van der Waals surface area contributed by atoms with E-state index < -0.39 is 0 Å². The molecule has 2 aromatic heterocycles. The Balaban J connectivity index is 1.70. The molecule has 1 aliphatic carbocycles. The zero-order chi connectivity index (χ0) is 13.8. The van der Waals surface area contributed by atoms with Gasteiger partial charge in [-0.1, -0.05) is 19.3 Å². The molecule has 3 rings (SSSR count). The molecule has 2 aromatic rings. The first-order valence-electron chi connectivity index (χ1n) is 6.69. The zero-order valence-corrected chi connectivity index (χ0v) is 11.1. The summed E-state index contributed by atoms with van der Waals surface area (Å²) in [6, 6.07) is 0.274. The van der Waals surface area contributed by atoms with Gasteiger partial charge in [0.15, 0.2) is 0 Å². The van der Waals surface area contributed by atoms with Crippen molar-refractivity contribution in [2.75, 3.05) is 12.0 Å². The fraction of sp³-hybridized carbons (Fsp3) is 0.500. The van der Waals surface area contributed by atoms with E-state index >= 15 is 0 Å². The van der Waals surface area contributed by atoms with E-state index in [1.807, 2.05) is 0 Å². The van der Waals surface area contributed by atoms with E-state index in [-0.39, 0.29) is 12.0 Å². The highest BCUT2D eigenvalue weighted by Gasteiger charge is 2.17. The summed E-state index contributed by atoms with van der Waals surface area (Å²) in [6.45, 7) is 0.613. The van der Waals surface area contributed by atoms with Crippen molar-refractivity contribution in [3.05, 3.63) is 18.7 Å². The molecule has 2 heterocycles. The van der Waals surface area contributed by atoms with Gasteiger partial charge in [0.05, 0.1) is 6.61 Å². The Morgan fingerprint density at radius 2 is 2.25 bits per heavy atom. The fourth-order valence-electron chi connectivity index (χ4n) is 2.07. The summed E-state index contributed by atoms with van der Waals surface area (Å²) in [6.07, 6.45) is 9.98. The highest BCUT2D eigenvalue weighted by Crippen LogP contribution is 2.29. The Bertz CT molecular complexity index is 553. The fourth-order valence-corrected chi connectivity index (χ4v) is 2.07. The van der Waals surface area contributed by atoms with Crippen molar-refractivity contribution in [3.8, 4) is 12.0 Å². The van der Waals surface area contributed by atoms with Crippen molar-refractivity contribution in [2.45, 2.75) is 25.7 Å². The number of hydrogen-bond donors (Lipinski definition) is 2. The van der Waals surface area contributed by atoms with Crippen LogP contribution in [0.4, 0.5) is 5.95 Å². The van der Waals surface area contributed by atoms with E-state index in [2.05, 4.69) is 25.4 Å². The van der Waals surface area contributed by atoms with E-state index in [0.29, 0.717) is 12.6 Å². The molecule has 1 saturated carbocycles. The number of nitrogens with zero attached hydrogens (tertiary/aromatic N) is 5. The normalized spacial score (nSPS) is 14.8. The molecule has 8 nitrogen and oxygen atoms in total. The molecule has 0 saturated heterocycles. The van der Waals surface area contributed by atoms with Gasteiger partial charge in [-0.05, 0) is 12.3 Å². The van der Waals surface area contributed by atoms with E-state index in [1.165, 1.54) is 19.3 Å². The Labute approximate surface area is 116 Å². The molecule has 20 heavy (non-hydrogen) atoms. The smallest absolute Gasteiger partial charge is 0.323 e. The number of nitrogen functional groups attached to an aromatic ring is 1. The SMILES string of the molecule is NNc1nc(OCCC2CCC2)nc(-n2ccnc2)n1. The molecule has 1 fully saturated rings. The zero-order valence-electron chi connectivity index (χ0n) is 11.1. The van der Waals surface area contributed by atoms with Gasteiger partial charge in [-0.25, -0.2) is 10.8 Å². The van der Waals surface area contributed by atoms with Crippen LogP contribution in [0.1, 0.15) is 25.7 Å². The van der Waals surface area contributed by atoms with Crippen LogP contribution in [-0.2, 0) is 0 Å². The van der Waals surface area contributed by atoms with Gasteiger partial charge in [-0.15, -0.1) is 0 Å². The lowest BCUT2D eigenvalue weighted by atomic mass is 9.83. The van der Waals surface area contributed by atoms with Crippen LogP contribution < -0.4 is 16.0 Å². The standard InChI is InChI=1S/C12H17N7O/c13-18-10-15-11(19-6-5-14-8-19)17-12(16-10)20-7-4-9-2-1-3-9/h5-6,8-9H,1-4,7,13H2,(H,15,16,17,18). The first-order chi connectivity index (χ1) is 9.85. The van der Waals surface area contributed by atoms with Crippen molar-refractivity contribution >= 4 is 5.95 Å². The van der Waals surface area contributed by atoms with Gasteiger partial charge in [0, 0.05) is 12.4 Å². The Morgan fingerprint density at radius 1 is 1.35 bits per heavy atom. The summed E-state index contributed by atoms with van der Waals surface area (Å²) in [5.41, 5.74) is 2.42. The lowest BCUT2D eigenvalue weighted by molar-refractivity contribution is 0.211. The van der Waals surface area contributed by atoms with Crippen LogP contribution in [0, 0.1) is 5.92 Å². The van der Waals surface area contributed by atoms with Crippen LogP contribution in [0.5, 0.6) is 6.01 Å². The van der Waals surface area contributed by atoms with Crippen molar-refractivity contribution in [3.63, 3.8) is 0 Å². The summed E-state index contributed by atoms with van der Waals surface area (Å²) in [5.74, 6) is 6.84. The van der Waals surface area contributed by atoms with Gasteiger partial charge < -0.3 is 4.74 Å². The molecule has 0 radical (unpaired) electrons. The maximum atomic E-state index is 5.60. The quantitative estimate of drug-likeness (QED) is 0.596. The summed E-state index contributed by atoms with van der Waals surface area (Å²) in [4.78, 5) is 16.4. The second-order valence-corrected chi connectivity index (χ2v) is 4.79.